The molecule has 1 heterocycles. The molecule has 0 radical (unpaired) electrons. The number of carbonyl (C=O) groups is 2. The van der Waals surface area contributed by atoms with E-state index in [2.05, 4.69) is 5.32 Å². The van der Waals surface area contributed by atoms with Gasteiger partial charge in [0, 0.05) is 31.1 Å². The van der Waals surface area contributed by atoms with Crippen LogP contribution in [0.2, 0.25) is 5.02 Å². The van der Waals surface area contributed by atoms with E-state index in [1.54, 1.807) is 36.1 Å². The molecule has 2 amide bonds. The van der Waals surface area contributed by atoms with E-state index in [0.29, 0.717) is 36.5 Å². The van der Waals surface area contributed by atoms with E-state index in [1.165, 1.54) is 6.07 Å². The van der Waals surface area contributed by atoms with Gasteiger partial charge in [-0.1, -0.05) is 35.9 Å². The molecule has 1 fully saturated rings. The van der Waals surface area contributed by atoms with Crippen molar-refractivity contribution >= 4 is 23.4 Å². The summed E-state index contributed by atoms with van der Waals surface area (Å²) in [6, 6.07) is 12.3. The summed E-state index contributed by atoms with van der Waals surface area (Å²) in [7, 11) is 0. The van der Waals surface area contributed by atoms with Crippen molar-refractivity contribution in [3.8, 4) is 0 Å². The number of carbonyl (C=O) groups excluding carboxylic acids is 2. The number of likely N-dealkylation sites (tertiary alicyclic amines) is 1. The van der Waals surface area contributed by atoms with E-state index in [-0.39, 0.29) is 30.1 Å². The fraction of sp³-hybridized carbons (Fsp3) is 0.333. The summed E-state index contributed by atoms with van der Waals surface area (Å²) in [6.07, 6.45) is 0.884. The molecule has 1 N–H and O–H groups in total. The number of benzene rings is 2. The second-order valence-electron chi connectivity index (χ2n) is 6.94. The molecule has 27 heavy (non-hydrogen) atoms. The summed E-state index contributed by atoms with van der Waals surface area (Å²) in [4.78, 5) is 26.4. The highest BCUT2D eigenvalue weighted by atomic mass is 35.5. The maximum absolute atomic E-state index is 13.6. The van der Waals surface area contributed by atoms with Crippen LogP contribution < -0.4 is 5.32 Å². The Balaban J connectivity index is 1.57. The number of aryl methyl sites for hydroxylation is 1. The van der Waals surface area contributed by atoms with Crippen LogP contribution in [0, 0.1) is 18.7 Å². The molecular weight excluding hydrogens is 367 g/mol. The Hall–Kier alpha value is -2.40. The van der Waals surface area contributed by atoms with E-state index in [9.17, 15) is 14.0 Å². The van der Waals surface area contributed by atoms with Gasteiger partial charge in [-0.3, -0.25) is 9.59 Å². The lowest BCUT2D eigenvalue weighted by molar-refractivity contribution is -0.139. The number of halogens is 2. The van der Waals surface area contributed by atoms with Crippen molar-refractivity contribution in [3.63, 3.8) is 0 Å². The van der Waals surface area contributed by atoms with Crippen LogP contribution in [0.3, 0.4) is 0 Å². The topological polar surface area (TPSA) is 49.4 Å². The molecule has 1 aliphatic heterocycles. The van der Waals surface area contributed by atoms with Gasteiger partial charge in [-0.2, -0.15) is 0 Å². The highest BCUT2D eigenvalue weighted by molar-refractivity contribution is 6.30. The van der Waals surface area contributed by atoms with E-state index in [4.69, 9.17) is 11.6 Å². The first-order valence-corrected chi connectivity index (χ1v) is 9.35. The summed E-state index contributed by atoms with van der Waals surface area (Å²) >= 11 is 5.89. The quantitative estimate of drug-likeness (QED) is 0.845. The van der Waals surface area contributed by atoms with Crippen LogP contribution in [-0.4, -0.2) is 23.3 Å². The molecule has 0 unspecified atom stereocenters. The van der Waals surface area contributed by atoms with Gasteiger partial charge in [-0.25, -0.2) is 4.39 Å². The highest BCUT2D eigenvalue weighted by Crippen LogP contribution is 2.21. The smallest absolute Gasteiger partial charge is 0.225 e. The van der Waals surface area contributed by atoms with Crippen LogP contribution >= 0.6 is 11.6 Å². The molecule has 6 heteroatoms. The number of nitrogens with one attached hydrogen (secondary N) is 1. The zero-order valence-electron chi connectivity index (χ0n) is 15.2. The van der Waals surface area contributed by atoms with Crippen LogP contribution in [0.25, 0.3) is 0 Å². The highest BCUT2D eigenvalue weighted by Gasteiger charge is 2.30. The molecule has 2 aromatic carbocycles. The largest absolute Gasteiger partial charge is 0.352 e. The van der Waals surface area contributed by atoms with Crippen LogP contribution in [0.1, 0.15) is 29.5 Å². The van der Waals surface area contributed by atoms with Crippen LogP contribution in [0.4, 0.5) is 4.39 Å². The van der Waals surface area contributed by atoms with Crippen molar-refractivity contribution in [2.45, 2.75) is 32.9 Å². The van der Waals surface area contributed by atoms with Crippen molar-refractivity contribution in [2.24, 2.45) is 5.92 Å². The normalized spacial score (nSPS) is 17.1. The molecular formula is C21H22ClFN2O2. The average molecular weight is 389 g/mol. The SMILES string of the molecule is Cc1ccc(CNC(=O)[C@@H]2CCC(=O)N(Cc3ccc(Cl)cc3)C2)cc1F. The Kier molecular flexibility index (Phi) is 6.11. The molecule has 0 aromatic heterocycles. The third-order valence-electron chi connectivity index (χ3n) is 4.86. The molecule has 0 saturated carbocycles. The summed E-state index contributed by atoms with van der Waals surface area (Å²) in [5.74, 6) is -0.594. The third kappa shape index (κ3) is 5.07. The van der Waals surface area contributed by atoms with Crippen LogP contribution in [0.5, 0.6) is 0 Å². The van der Waals surface area contributed by atoms with Crippen LogP contribution in [0.15, 0.2) is 42.5 Å². The molecule has 0 spiro atoms. The first-order valence-electron chi connectivity index (χ1n) is 8.97. The van der Waals surface area contributed by atoms with Gasteiger partial charge >= 0.3 is 0 Å². The molecule has 2 aromatic rings. The van der Waals surface area contributed by atoms with Crippen LogP contribution in [-0.2, 0) is 22.7 Å². The molecule has 1 saturated heterocycles. The minimum Gasteiger partial charge on any atom is -0.352 e. The predicted octanol–water partition coefficient (Wildman–Crippen LogP) is 3.84. The first kappa shape index (κ1) is 19.4. The number of nitrogens with zero attached hydrogens (tertiary/aromatic N) is 1. The van der Waals surface area contributed by atoms with Gasteiger partial charge in [0.05, 0.1) is 5.92 Å². The van der Waals surface area contributed by atoms with Gasteiger partial charge in [0.1, 0.15) is 5.82 Å². The Bertz CT molecular complexity index is 839. The van der Waals surface area contributed by atoms with Gasteiger partial charge in [0.15, 0.2) is 0 Å². The maximum Gasteiger partial charge on any atom is 0.225 e. The van der Waals surface area contributed by atoms with Gasteiger partial charge in [0.25, 0.3) is 0 Å². The van der Waals surface area contributed by atoms with Gasteiger partial charge in [0.2, 0.25) is 11.8 Å². The molecule has 1 atom stereocenters. The molecule has 4 nitrogen and oxygen atoms in total. The summed E-state index contributed by atoms with van der Waals surface area (Å²) < 4.78 is 13.6. The van der Waals surface area contributed by atoms with Crippen molar-refractivity contribution in [1.82, 2.24) is 10.2 Å². The number of hydrogen-bond acceptors (Lipinski definition) is 2. The van der Waals surface area contributed by atoms with Crippen molar-refractivity contribution in [1.29, 1.82) is 0 Å². The Morgan fingerprint density at radius 3 is 2.63 bits per heavy atom. The lowest BCUT2D eigenvalue weighted by Crippen LogP contribution is -2.45. The fourth-order valence-electron chi connectivity index (χ4n) is 3.17. The number of piperidine rings is 1. The molecule has 3 rings (SSSR count). The Morgan fingerprint density at radius 1 is 1.22 bits per heavy atom. The zero-order valence-corrected chi connectivity index (χ0v) is 15.9. The van der Waals surface area contributed by atoms with Crippen molar-refractivity contribution in [2.75, 3.05) is 6.54 Å². The predicted molar refractivity (Wildman–Crippen MR) is 103 cm³/mol. The van der Waals surface area contributed by atoms with Crippen molar-refractivity contribution in [3.05, 3.63) is 70.0 Å². The maximum atomic E-state index is 13.6. The molecule has 0 aliphatic carbocycles. The number of amides is 2. The third-order valence-corrected chi connectivity index (χ3v) is 5.11. The lowest BCUT2D eigenvalue weighted by Gasteiger charge is -2.32. The zero-order chi connectivity index (χ0) is 19.4. The Morgan fingerprint density at radius 2 is 1.93 bits per heavy atom. The molecule has 142 valence electrons. The Labute approximate surface area is 163 Å². The lowest BCUT2D eigenvalue weighted by atomic mass is 9.96. The fourth-order valence-corrected chi connectivity index (χ4v) is 3.30. The summed E-state index contributed by atoms with van der Waals surface area (Å²) in [5.41, 5.74) is 2.27. The van der Waals surface area contributed by atoms with E-state index >= 15 is 0 Å². The standard InChI is InChI=1S/C21H22ClFN2O2/c1-14-2-3-16(10-19(14)23)11-24-21(27)17-6-9-20(26)25(13-17)12-15-4-7-18(22)8-5-15/h2-5,7-8,10,17H,6,9,11-13H2,1H3,(H,24,27)/t17-/m1/s1. The molecule has 1 aliphatic rings. The minimum atomic E-state index is -0.279. The average Bonchev–Trinajstić information content (AvgIpc) is 2.66. The second-order valence-corrected chi connectivity index (χ2v) is 7.37. The monoisotopic (exact) mass is 388 g/mol. The van der Waals surface area contributed by atoms with Gasteiger partial charge in [-0.15, -0.1) is 0 Å². The number of rotatable bonds is 5. The van der Waals surface area contributed by atoms with E-state index in [0.717, 1.165) is 11.1 Å². The number of hydrogen-bond donors (Lipinski definition) is 1. The molecule has 0 bridgehead atoms. The van der Waals surface area contributed by atoms with Gasteiger partial charge in [-0.05, 0) is 48.2 Å². The summed E-state index contributed by atoms with van der Waals surface area (Å²) in [5, 5.41) is 3.51. The van der Waals surface area contributed by atoms with Crippen molar-refractivity contribution < 1.29 is 14.0 Å². The minimum absolute atomic E-state index is 0.0506. The van der Waals surface area contributed by atoms with E-state index in [1.807, 2.05) is 12.1 Å². The second kappa shape index (κ2) is 8.53. The van der Waals surface area contributed by atoms with Gasteiger partial charge < -0.3 is 10.2 Å². The summed E-state index contributed by atoms with van der Waals surface area (Å²) in [6.45, 7) is 2.82. The first-order chi connectivity index (χ1) is 12.9. The van der Waals surface area contributed by atoms with E-state index < -0.39 is 0 Å².